The molecule has 3 rings (SSSR count). The van der Waals surface area contributed by atoms with E-state index in [0.717, 1.165) is 25.9 Å². The lowest BCUT2D eigenvalue weighted by Crippen LogP contribution is -2.52. The molecule has 0 aromatic rings. The molecule has 0 aliphatic carbocycles. The molecule has 0 saturated carbocycles. The summed E-state index contributed by atoms with van der Waals surface area (Å²) in [5, 5.41) is 9.80. The Morgan fingerprint density at radius 3 is 2.37 bits per heavy atom. The van der Waals surface area contributed by atoms with Gasteiger partial charge in [0.25, 0.3) is 5.97 Å². The number of ether oxygens (including phenoxy) is 4. The van der Waals surface area contributed by atoms with Crippen LogP contribution in [0, 0.1) is 11.8 Å². The van der Waals surface area contributed by atoms with Gasteiger partial charge >= 0.3 is 5.97 Å². The van der Waals surface area contributed by atoms with Gasteiger partial charge in [-0.25, -0.2) is 0 Å². The van der Waals surface area contributed by atoms with Crippen LogP contribution in [0.1, 0.15) is 26.7 Å². The van der Waals surface area contributed by atoms with E-state index in [2.05, 4.69) is 4.90 Å². The van der Waals surface area contributed by atoms with E-state index in [4.69, 9.17) is 18.9 Å². The number of hydrogen-bond donors (Lipinski definition) is 1. The minimum atomic E-state index is -1.82. The maximum Gasteiger partial charge on any atom is 0.314 e. The summed E-state index contributed by atoms with van der Waals surface area (Å²) in [4.78, 5) is 29.7. The summed E-state index contributed by atoms with van der Waals surface area (Å²) < 4.78 is 21.1. The maximum absolute atomic E-state index is 13.1. The number of carbonyl (C=O) groups excluding carboxylic acids is 2. The predicted octanol–water partition coefficient (Wildman–Crippen LogP) is -0.226. The minimum absolute atomic E-state index is 0.0283. The fourth-order valence-electron chi connectivity index (χ4n) is 4.13. The van der Waals surface area contributed by atoms with Crippen LogP contribution >= 0.6 is 0 Å². The summed E-state index contributed by atoms with van der Waals surface area (Å²) in [5.74, 6) is -3.51. The molecule has 0 radical (unpaired) electrons. The lowest BCUT2D eigenvalue weighted by Gasteiger charge is -2.36. The molecular weight excluding hydrogens is 356 g/mol. The average Bonchev–Trinajstić information content (AvgIpc) is 3.22. The van der Waals surface area contributed by atoms with Crippen LogP contribution in [0.25, 0.3) is 0 Å². The molecule has 3 aliphatic rings. The van der Waals surface area contributed by atoms with E-state index in [0.29, 0.717) is 13.1 Å². The molecule has 27 heavy (non-hydrogen) atoms. The van der Waals surface area contributed by atoms with Gasteiger partial charge in [-0.2, -0.15) is 0 Å². The molecule has 5 unspecified atom stereocenters. The number of rotatable bonds is 7. The molecule has 3 aliphatic heterocycles. The van der Waals surface area contributed by atoms with Crippen molar-refractivity contribution in [3.63, 3.8) is 0 Å². The van der Waals surface area contributed by atoms with Gasteiger partial charge in [0.05, 0.1) is 24.0 Å². The average molecular weight is 386 g/mol. The molecule has 1 amide bonds. The van der Waals surface area contributed by atoms with E-state index >= 15 is 0 Å². The lowest BCUT2D eigenvalue weighted by atomic mass is 9.78. The highest BCUT2D eigenvalue weighted by Crippen LogP contribution is 2.45. The van der Waals surface area contributed by atoms with Crippen molar-refractivity contribution in [2.75, 3.05) is 46.6 Å². The van der Waals surface area contributed by atoms with Crippen molar-refractivity contribution in [2.45, 2.75) is 44.9 Å². The molecule has 2 bridgehead atoms. The molecular formula is C18H30N2O7. The van der Waals surface area contributed by atoms with Gasteiger partial charge in [0, 0.05) is 39.7 Å². The van der Waals surface area contributed by atoms with Crippen LogP contribution in [0.5, 0.6) is 0 Å². The number of esters is 1. The van der Waals surface area contributed by atoms with Crippen molar-refractivity contribution < 1.29 is 33.6 Å². The molecule has 0 aromatic heterocycles. The van der Waals surface area contributed by atoms with Crippen LogP contribution < -0.4 is 0 Å². The molecule has 0 spiro atoms. The largest absolute Gasteiger partial charge is 0.438 e. The van der Waals surface area contributed by atoms with Crippen molar-refractivity contribution in [1.29, 1.82) is 0 Å². The Labute approximate surface area is 159 Å². The summed E-state index contributed by atoms with van der Waals surface area (Å²) in [5.41, 5.74) is 0. The highest BCUT2D eigenvalue weighted by atomic mass is 16.9. The predicted molar refractivity (Wildman–Crippen MR) is 93.2 cm³/mol. The molecule has 0 aromatic carbocycles. The second-order valence-corrected chi connectivity index (χ2v) is 7.53. The number of carbonyl (C=O) groups is 2. The van der Waals surface area contributed by atoms with Crippen molar-refractivity contribution in [3.8, 4) is 0 Å². The first-order valence-corrected chi connectivity index (χ1v) is 9.62. The normalized spacial score (nSPS) is 33.1. The summed E-state index contributed by atoms with van der Waals surface area (Å²) in [6.07, 6.45) is 1.01. The second-order valence-electron chi connectivity index (χ2n) is 7.53. The van der Waals surface area contributed by atoms with Crippen molar-refractivity contribution in [3.05, 3.63) is 0 Å². The number of likely N-dealkylation sites (N-methyl/N-ethyl adjacent to an activating group) is 1. The maximum atomic E-state index is 13.1. The van der Waals surface area contributed by atoms with E-state index in [1.54, 1.807) is 6.92 Å². The van der Waals surface area contributed by atoms with Crippen LogP contribution in [0.4, 0.5) is 0 Å². The van der Waals surface area contributed by atoms with Gasteiger partial charge in [-0.1, -0.05) is 0 Å². The van der Waals surface area contributed by atoms with Crippen molar-refractivity contribution in [2.24, 2.45) is 11.8 Å². The Morgan fingerprint density at radius 2 is 1.74 bits per heavy atom. The van der Waals surface area contributed by atoms with Crippen LogP contribution in [0.2, 0.25) is 0 Å². The van der Waals surface area contributed by atoms with E-state index in [9.17, 15) is 14.7 Å². The van der Waals surface area contributed by atoms with Crippen LogP contribution in [0.15, 0.2) is 0 Å². The van der Waals surface area contributed by atoms with Crippen molar-refractivity contribution in [1.82, 2.24) is 9.80 Å². The van der Waals surface area contributed by atoms with Gasteiger partial charge in [-0.15, -0.1) is 0 Å². The fourth-order valence-corrected chi connectivity index (χ4v) is 4.13. The first-order chi connectivity index (χ1) is 12.8. The van der Waals surface area contributed by atoms with Crippen LogP contribution in [-0.4, -0.2) is 91.6 Å². The zero-order chi connectivity index (χ0) is 19.6. The number of aliphatic hydroxyl groups is 1. The smallest absolute Gasteiger partial charge is 0.314 e. The highest BCUT2D eigenvalue weighted by molar-refractivity contribution is 5.87. The van der Waals surface area contributed by atoms with Crippen molar-refractivity contribution >= 4 is 11.9 Å². The molecule has 1 N–H and O–H groups in total. The third kappa shape index (κ3) is 4.60. The third-order valence-corrected chi connectivity index (χ3v) is 5.59. The SMILES string of the molecule is CCOC(C)(O)OCOC(=O)C1C2CCC(O2)C1C(=O)N1CCN(C)CC1. The Balaban J connectivity index is 1.59. The molecule has 9 heteroatoms. The summed E-state index contributed by atoms with van der Waals surface area (Å²) in [6.45, 7) is 5.80. The molecule has 5 atom stereocenters. The second kappa shape index (κ2) is 8.40. The number of piperazine rings is 1. The Bertz CT molecular complexity index is 548. The summed E-state index contributed by atoms with van der Waals surface area (Å²) in [7, 11) is 2.03. The Morgan fingerprint density at radius 1 is 1.11 bits per heavy atom. The Hall–Kier alpha value is -1.26. The molecule has 3 heterocycles. The zero-order valence-electron chi connectivity index (χ0n) is 16.3. The van der Waals surface area contributed by atoms with Gasteiger partial charge in [-0.05, 0) is 26.8 Å². The number of nitrogens with zero attached hydrogens (tertiary/aromatic N) is 2. The monoisotopic (exact) mass is 386 g/mol. The van der Waals surface area contributed by atoms with E-state index in [1.165, 1.54) is 6.92 Å². The molecule has 3 fully saturated rings. The van der Waals surface area contributed by atoms with Gasteiger partial charge in [-0.3, -0.25) is 14.3 Å². The topological polar surface area (TPSA) is 97.8 Å². The lowest BCUT2D eigenvalue weighted by molar-refractivity contribution is -0.364. The standard InChI is InChI=1S/C18H30N2O7/c1-4-25-18(2,23)26-11-24-17(22)15-13-6-5-12(27-13)14(15)16(21)20-9-7-19(3)8-10-20/h12-15,23H,4-11H2,1-3H3. The quantitative estimate of drug-likeness (QED) is 0.474. The van der Waals surface area contributed by atoms with Crippen LogP contribution in [0.3, 0.4) is 0 Å². The Kier molecular flexibility index (Phi) is 6.37. The van der Waals surface area contributed by atoms with Gasteiger partial charge in [0.15, 0.2) is 6.79 Å². The van der Waals surface area contributed by atoms with Crippen LogP contribution in [-0.2, 0) is 28.5 Å². The first-order valence-electron chi connectivity index (χ1n) is 9.62. The summed E-state index contributed by atoms with van der Waals surface area (Å²) >= 11 is 0. The van der Waals surface area contributed by atoms with Gasteiger partial charge < -0.3 is 29.1 Å². The number of fused-ring (bicyclic) bond motifs is 2. The van der Waals surface area contributed by atoms with E-state index in [-0.39, 0.29) is 24.7 Å². The molecule has 3 saturated heterocycles. The highest BCUT2D eigenvalue weighted by Gasteiger charge is 2.57. The first kappa shape index (κ1) is 20.5. The summed E-state index contributed by atoms with van der Waals surface area (Å²) in [6, 6.07) is 0. The van der Waals surface area contributed by atoms with E-state index in [1.807, 2.05) is 11.9 Å². The molecule has 9 nitrogen and oxygen atoms in total. The minimum Gasteiger partial charge on any atom is -0.438 e. The van der Waals surface area contributed by atoms with Gasteiger partial charge in [0.2, 0.25) is 5.91 Å². The van der Waals surface area contributed by atoms with E-state index < -0.39 is 30.6 Å². The number of hydrogen-bond acceptors (Lipinski definition) is 8. The molecule has 154 valence electrons. The number of amides is 1. The third-order valence-electron chi connectivity index (χ3n) is 5.59. The zero-order valence-corrected chi connectivity index (χ0v) is 16.3. The fraction of sp³-hybridized carbons (Fsp3) is 0.889. The van der Waals surface area contributed by atoms with Gasteiger partial charge in [0.1, 0.15) is 0 Å².